The fraction of sp³-hybridized carbons (Fsp3) is 0.976. The molecule has 15 unspecified atom stereocenters. The third-order valence-electron chi connectivity index (χ3n) is 15.1. The van der Waals surface area contributed by atoms with Crippen LogP contribution in [0.3, 0.4) is 0 Å². The molecular weight excluding hydrogens is 678 g/mol. The molecule has 3 aliphatic heterocycles. The molecule has 3 saturated carbocycles. The maximum absolute atomic E-state index is 13.6. The fourth-order valence-corrected chi connectivity index (χ4v) is 12.1. The third-order valence-corrected chi connectivity index (χ3v) is 15.1. The molecule has 0 aromatic carbocycles. The van der Waals surface area contributed by atoms with Crippen molar-refractivity contribution in [3.63, 3.8) is 0 Å². The Labute approximate surface area is 318 Å². The molecule has 15 atom stereocenters. The summed E-state index contributed by atoms with van der Waals surface area (Å²) in [4.78, 5) is 13.6. The van der Waals surface area contributed by atoms with Crippen molar-refractivity contribution in [2.24, 2.45) is 34.3 Å². The number of hydrogen-bond acceptors (Lipinski definition) is 11. The first kappa shape index (κ1) is 41.7. The number of carbonyl (C=O) groups is 1. The zero-order valence-electron chi connectivity index (χ0n) is 32.8. The number of methoxy groups -OCH3 is 2. The summed E-state index contributed by atoms with van der Waals surface area (Å²) in [5, 5.41) is 51.4. The largest absolute Gasteiger partial charge is 0.481 e. The van der Waals surface area contributed by atoms with Gasteiger partial charge in [-0.3, -0.25) is 4.79 Å². The second-order valence-electron chi connectivity index (χ2n) is 18.3. The number of carboxylic acid groups (broad SMARTS) is 1. The highest BCUT2D eigenvalue weighted by molar-refractivity contribution is 5.76. The van der Waals surface area contributed by atoms with Gasteiger partial charge in [0.05, 0.1) is 60.9 Å². The van der Waals surface area contributed by atoms with E-state index in [4.69, 9.17) is 24.7 Å². The standard InChI is InChI=1S/C41H73N3O9/c1-25-11-15-41(23-27-12-16-43-37(42)18-27,40(39(48)49)13-5-4-6-14-40)36(44-25)24-52-35-20-28(19-34(51-3)38(35)47)32-22-29(45)21-30(53-32)9-7-26-8-10-31(46)33(17-26)50-2/h25-38,43-47H,4-24,42H2,1-3H3,(H,48,49). The molecule has 306 valence electrons. The molecule has 0 aromatic heterocycles. The van der Waals surface area contributed by atoms with Crippen molar-refractivity contribution in [3.8, 4) is 0 Å². The van der Waals surface area contributed by atoms with Gasteiger partial charge in [0.2, 0.25) is 0 Å². The first-order valence-corrected chi connectivity index (χ1v) is 21.3. The van der Waals surface area contributed by atoms with Crippen LogP contribution >= 0.6 is 0 Å². The monoisotopic (exact) mass is 752 g/mol. The van der Waals surface area contributed by atoms with Crippen LogP contribution in [0.25, 0.3) is 0 Å². The minimum atomic E-state index is -0.840. The van der Waals surface area contributed by atoms with Gasteiger partial charge in [-0.05, 0) is 134 Å². The van der Waals surface area contributed by atoms with E-state index in [1.165, 1.54) is 0 Å². The number of aliphatic hydroxyl groups is 3. The number of piperidine rings is 2. The molecule has 3 saturated heterocycles. The van der Waals surface area contributed by atoms with Gasteiger partial charge >= 0.3 is 5.97 Å². The van der Waals surface area contributed by atoms with E-state index in [0.717, 1.165) is 90.0 Å². The van der Waals surface area contributed by atoms with Crippen LogP contribution in [-0.2, 0) is 23.7 Å². The lowest BCUT2D eigenvalue weighted by Crippen LogP contribution is -2.66. The Morgan fingerprint density at radius 2 is 1.60 bits per heavy atom. The van der Waals surface area contributed by atoms with Gasteiger partial charge < -0.3 is 55.7 Å². The maximum atomic E-state index is 13.6. The van der Waals surface area contributed by atoms with Crippen LogP contribution in [-0.4, -0.2) is 121 Å². The van der Waals surface area contributed by atoms with E-state index in [2.05, 4.69) is 17.6 Å². The van der Waals surface area contributed by atoms with Gasteiger partial charge in [-0.25, -0.2) is 0 Å². The zero-order chi connectivity index (χ0) is 37.8. The lowest BCUT2D eigenvalue weighted by atomic mass is 9.48. The van der Waals surface area contributed by atoms with Crippen molar-refractivity contribution < 1.29 is 44.2 Å². The van der Waals surface area contributed by atoms with Crippen LogP contribution in [0.1, 0.15) is 129 Å². The molecule has 0 radical (unpaired) electrons. The van der Waals surface area contributed by atoms with Gasteiger partial charge in [0.15, 0.2) is 0 Å². The van der Waals surface area contributed by atoms with Crippen molar-refractivity contribution in [2.45, 2.75) is 196 Å². The molecule has 3 aliphatic carbocycles. The Hall–Kier alpha value is -0.930. The predicted molar refractivity (Wildman–Crippen MR) is 201 cm³/mol. The first-order valence-electron chi connectivity index (χ1n) is 21.3. The van der Waals surface area contributed by atoms with Gasteiger partial charge in [-0.2, -0.15) is 0 Å². The van der Waals surface area contributed by atoms with E-state index < -0.39 is 47.3 Å². The third kappa shape index (κ3) is 9.45. The summed E-state index contributed by atoms with van der Waals surface area (Å²) in [6.45, 7) is 3.35. The molecule has 0 spiro atoms. The molecule has 6 fully saturated rings. The summed E-state index contributed by atoms with van der Waals surface area (Å²) in [6, 6.07) is 0.0428. The van der Waals surface area contributed by atoms with Crippen molar-refractivity contribution >= 4 is 5.97 Å². The quantitative estimate of drug-likeness (QED) is 0.145. The summed E-state index contributed by atoms with van der Waals surface area (Å²) in [7, 11) is 3.31. The number of carboxylic acids is 1. The molecule has 6 rings (SSSR count). The topological polar surface area (TPSA) is 185 Å². The number of nitrogens with two attached hydrogens (primary N) is 1. The summed E-state index contributed by atoms with van der Waals surface area (Å²) < 4.78 is 25.0. The van der Waals surface area contributed by atoms with E-state index in [0.29, 0.717) is 57.0 Å². The molecule has 12 nitrogen and oxygen atoms in total. The number of hydrogen-bond donors (Lipinski definition) is 7. The first-order chi connectivity index (χ1) is 25.5. The number of nitrogens with one attached hydrogen (secondary N) is 2. The highest BCUT2D eigenvalue weighted by atomic mass is 16.5. The molecule has 12 heteroatoms. The lowest BCUT2D eigenvalue weighted by molar-refractivity contribution is -0.190. The Morgan fingerprint density at radius 1 is 0.849 bits per heavy atom. The SMILES string of the molecule is COC1CC(CCC2CC(O)CC(C3CC(OC)C(O)C(OCC4NC(C)CCC4(CC4CCNC(N)C4)C4(C(=O)O)CCCCC4)C3)O2)CCC1O. The summed E-state index contributed by atoms with van der Waals surface area (Å²) in [5.41, 5.74) is 5.07. The summed E-state index contributed by atoms with van der Waals surface area (Å²) in [5.74, 6) is 0.166. The molecular formula is C41H73N3O9. The molecule has 8 N–H and O–H groups in total. The minimum Gasteiger partial charge on any atom is -0.481 e. The maximum Gasteiger partial charge on any atom is 0.310 e. The van der Waals surface area contributed by atoms with E-state index in [9.17, 15) is 25.2 Å². The van der Waals surface area contributed by atoms with Crippen molar-refractivity contribution in [1.82, 2.24) is 10.6 Å². The van der Waals surface area contributed by atoms with Gasteiger partial charge in [-0.1, -0.05) is 19.3 Å². The second-order valence-corrected chi connectivity index (χ2v) is 18.3. The van der Waals surface area contributed by atoms with Crippen molar-refractivity contribution in [2.75, 3.05) is 27.4 Å². The van der Waals surface area contributed by atoms with Gasteiger partial charge in [0.1, 0.15) is 6.10 Å². The highest BCUT2D eigenvalue weighted by Crippen LogP contribution is 2.59. The van der Waals surface area contributed by atoms with Crippen LogP contribution in [0.15, 0.2) is 0 Å². The predicted octanol–water partition coefficient (Wildman–Crippen LogP) is 3.86. The molecule has 3 heterocycles. The van der Waals surface area contributed by atoms with Crippen LogP contribution in [0.5, 0.6) is 0 Å². The number of aliphatic carboxylic acids is 1. The average Bonchev–Trinajstić information content (AvgIpc) is 3.15. The molecule has 0 aromatic rings. The molecule has 6 aliphatic rings. The van der Waals surface area contributed by atoms with Crippen LogP contribution in [0.2, 0.25) is 0 Å². The highest BCUT2D eigenvalue weighted by Gasteiger charge is 2.61. The molecule has 0 bridgehead atoms. The number of ether oxygens (including phenoxy) is 4. The fourth-order valence-electron chi connectivity index (χ4n) is 12.1. The normalized spacial score (nSPS) is 45.4. The van der Waals surface area contributed by atoms with Crippen molar-refractivity contribution in [3.05, 3.63) is 0 Å². The lowest BCUT2D eigenvalue weighted by Gasteiger charge is -2.59. The van der Waals surface area contributed by atoms with E-state index >= 15 is 0 Å². The van der Waals surface area contributed by atoms with E-state index in [1.54, 1.807) is 14.2 Å². The number of rotatable bonds is 13. The molecule has 53 heavy (non-hydrogen) atoms. The molecule has 0 amide bonds. The van der Waals surface area contributed by atoms with Gasteiger partial charge in [-0.15, -0.1) is 0 Å². The zero-order valence-corrected chi connectivity index (χ0v) is 32.8. The van der Waals surface area contributed by atoms with E-state index in [-0.39, 0.29) is 42.5 Å². The van der Waals surface area contributed by atoms with Gasteiger partial charge in [0, 0.05) is 31.7 Å². The average molecular weight is 752 g/mol. The smallest absolute Gasteiger partial charge is 0.310 e. The second kappa shape index (κ2) is 18.6. The Kier molecular flexibility index (Phi) is 14.6. The Morgan fingerprint density at radius 3 is 2.32 bits per heavy atom. The van der Waals surface area contributed by atoms with Crippen LogP contribution in [0, 0.1) is 28.6 Å². The van der Waals surface area contributed by atoms with E-state index in [1.807, 2.05) is 0 Å². The van der Waals surface area contributed by atoms with Crippen LogP contribution in [0.4, 0.5) is 0 Å². The Bertz CT molecular complexity index is 1160. The summed E-state index contributed by atoms with van der Waals surface area (Å²) >= 11 is 0. The summed E-state index contributed by atoms with van der Waals surface area (Å²) in [6.07, 6.45) is 12.4. The van der Waals surface area contributed by atoms with Crippen LogP contribution < -0.4 is 16.4 Å². The van der Waals surface area contributed by atoms with Gasteiger partial charge in [0.25, 0.3) is 0 Å². The Balaban J connectivity index is 1.17. The minimum absolute atomic E-state index is 0.0384. The van der Waals surface area contributed by atoms with Crippen molar-refractivity contribution in [1.29, 1.82) is 0 Å². The number of aliphatic hydroxyl groups excluding tert-OH is 3.